The van der Waals surface area contributed by atoms with Crippen LogP contribution in [0.1, 0.15) is 23.1 Å². The first-order valence-corrected chi connectivity index (χ1v) is 11.3. The summed E-state index contributed by atoms with van der Waals surface area (Å²) in [5, 5.41) is 2.90. The predicted octanol–water partition coefficient (Wildman–Crippen LogP) is 2.99. The van der Waals surface area contributed by atoms with Crippen molar-refractivity contribution in [3.63, 3.8) is 0 Å². The fraction of sp³-hybridized carbons (Fsp3) is 0.440. The molecule has 0 bridgehead atoms. The maximum atomic E-state index is 16.8. The molecule has 33 heavy (non-hydrogen) atoms. The molecule has 0 aliphatic carbocycles. The van der Waals surface area contributed by atoms with Gasteiger partial charge in [-0.05, 0) is 36.6 Å². The van der Waals surface area contributed by atoms with E-state index in [-0.39, 0.29) is 43.8 Å². The minimum absolute atomic E-state index is 0.0594. The quantitative estimate of drug-likeness (QED) is 0.774. The minimum Gasteiger partial charge on any atom is -0.366 e. The number of nitrogens with zero attached hydrogens (tertiary/aromatic N) is 2. The van der Waals surface area contributed by atoms with Crippen molar-refractivity contribution in [2.24, 2.45) is 5.92 Å². The van der Waals surface area contributed by atoms with Gasteiger partial charge in [0.25, 0.3) is 0 Å². The number of piperidine rings is 1. The highest BCUT2D eigenvalue weighted by molar-refractivity contribution is 5.79. The molecule has 2 unspecified atom stereocenters. The van der Waals surface area contributed by atoms with Crippen molar-refractivity contribution in [3.05, 3.63) is 71.0 Å². The third kappa shape index (κ3) is 3.97. The van der Waals surface area contributed by atoms with Gasteiger partial charge < -0.3 is 19.9 Å². The molecule has 3 amide bonds. The summed E-state index contributed by atoms with van der Waals surface area (Å²) in [5.41, 5.74) is 0.0660. The molecule has 3 heterocycles. The number of urea groups is 1. The van der Waals surface area contributed by atoms with Gasteiger partial charge in [-0.2, -0.15) is 0 Å². The molecule has 0 spiro atoms. The number of amides is 3. The second-order valence-electron chi connectivity index (χ2n) is 9.23. The van der Waals surface area contributed by atoms with Crippen molar-refractivity contribution < 1.29 is 23.1 Å². The summed E-state index contributed by atoms with van der Waals surface area (Å²) in [5.74, 6) is -1.04. The minimum atomic E-state index is -1.84. The Labute approximate surface area is 191 Å². The van der Waals surface area contributed by atoms with Crippen LogP contribution >= 0.6 is 0 Å². The Hall–Kier alpha value is -3.00. The summed E-state index contributed by atoms with van der Waals surface area (Å²) < 4.78 is 35.9. The normalized spacial score (nSPS) is 25.0. The number of carbonyl (C=O) groups is 2. The number of ether oxygens (including phenoxy) is 1. The van der Waals surface area contributed by atoms with Gasteiger partial charge >= 0.3 is 6.03 Å². The molecular weight excluding hydrogens is 428 g/mol. The largest absolute Gasteiger partial charge is 0.366 e. The van der Waals surface area contributed by atoms with Crippen LogP contribution in [0, 0.1) is 18.7 Å². The lowest BCUT2D eigenvalue weighted by Crippen LogP contribution is -2.65. The first-order valence-electron chi connectivity index (χ1n) is 11.3. The number of hydrogen-bond donors (Lipinski definition) is 1. The molecule has 6 nitrogen and oxygen atoms in total. The van der Waals surface area contributed by atoms with E-state index >= 15 is 4.39 Å². The Morgan fingerprint density at radius 3 is 2.33 bits per heavy atom. The molecule has 0 radical (unpaired) electrons. The summed E-state index contributed by atoms with van der Waals surface area (Å²) in [7, 11) is 0. The van der Waals surface area contributed by atoms with Crippen molar-refractivity contribution in [2.45, 2.75) is 31.2 Å². The third-order valence-electron chi connectivity index (χ3n) is 7.05. The fourth-order valence-corrected chi connectivity index (χ4v) is 5.09. The first-order chi connectivity index (χ1) is 15.8. The van der Waals surface area contributed by atoms with E-state index in [1.54, 1.807) is 21.9 Å². The van der Waals surface area contributed by atoms with Crippen molar-refractivity contribution in [1.29, 1.82) is 0 Å². The molecule has 3 aliphatic heterocycles. The van der Waals surface area contributed by atoms with E-state index in [9.17, 15) is 14.0 Å². The average Bonchev–Trinajstić information content (AvgIpc) is 2.78. The lowest BCUT2D eigenvalue weighted by molar-refractivity contribution is -0.139. The highest BCUT2D eigenvalue weighted by Gasteiger charge is 2.51. The van der Waals surface area contributed by atoms with Crippen LogP contribution in [0.5, 0.6) is 0 Å². The summed E-state index contributed by atoms with van der Waals surface area (Å²) in [6.07, 6.45) is 0.578. The van der Waals surface area contributed by atoms with Crippen LogP contribution in [0.15, 0.2) is 48.5 Å². The van der Waals surface area contributed by atoms with Gasteiger partial charge in [-0.25, -0.2) is 13.6 Å². The van der Waals surface area contributed by atoms with Crippen molar-refractivity contribution in [1.82, 2.24) is 15.1 Å². The number of halogens is 2. The van der Waals surface area contributed by atoms with Crippen LogP contribution in [0.25, 0.3) is 0 Å². The highest BCUT2D eigenvalue weighted by Crippen LogP contribution is 2.45. The topological polar surface area (TPSA) is 61.9 Å². The molecule has 3 fully saturated rings. The third-order valence-corrected chi connectivity index (χ3v) is 7.05. The van der Waals surface area contributed by atoms with E-state index in [1.165, 1.54) is 24.3 Å². The molecule has 5 rings (SSSR count). The molecule has 3 saturated heterocycles. The number of morpholine rings is 1. The molecule has 174 valence electrons. The molecule has 2 aromatic carbocycles. The first kappa shape index (κ1) is 21.8. The number of benzene rings is 2. The maximum Gasteiger partial charge on any atom is 0.320 e. The van der Waals surface area contributed by atoms with Gasteiger partial charge in [-0.15, -0.1) is 0 Å². The number of rotatable bonds is 3. The van der Waals surface area contributed by atoms with Crippen LogP contribution < -0.4 is 5.32 Å². The smallest absolute Gasteiger partial charge is 0.320 e. The van der Waals surface area contributed by atoms with Crippen LogP contribution in [-0.2, 0) is 15.2 Å². The number of fused-ring (bicyclic) bond motifs is 1. The van der Waals surface area contributed by atoms with Crippen molar-refractivity contribution in [3.8, 4) is 0 Å². The molecule has 3 atom stereocenters. The average molecular weight is 456 g/mol. The second kappa shape index (κ2) is 8.41. The fourth-order valence-electron chi connectivity index (χ4n) is 5.09. The Kier molecular flexibility index (Phi) is 5.56. The molecule has 0 saturated carbocycles. The molecule has 0 aromatic heterocycles. The summed E-state index contributed by atoms with van der Waals surface area (Å²) in [6, 6.07) is 12.4. The summed E-state index contributed by atoms with van der Waals surface area (Å²) in [6.45, 7) is 3.43. The van der Waals surface area contributed by atoms with Crippen molar-refractivity contribution in [2.75, 3.05) is 32.8 Å². The van der Waals surface area contributed by atoms with Gasteiger partial charge in [0.15, 0.2) is 5.67 Å². The molecule has 3 aliphatic rings. The van der Waals surface area contributed by atoms with Crippen LogP contribution in [0.2, 0.25) is 0 Å². The van der Waals surface area contributed by atoms with E-state index in [1.807, 2.05) is 19.1 Å². The van der Waals surface area contributed by atoms with Gasteiger partial charge in [-0.3, -0.25) is 4.79 Å². The standard InChI is InChI=1S/C25H27F2N3O3/c1-16-2-4-17(5-3-16)25(27,18-6-8-20(26)9-7-18)19-12-30(13-19)24(32)29-11-10-22-21(14-29)28-23(31)15-33-22/h2-9,19,21-22H,10-15H2,1H3,(H,28,31)/t21-,22?,25?/m1/s1. The monoisotopic (exact) mass is 455 g/mol. The van der Waals surface area contributed by atoms with Gasteiger partial charge in [0.2, 0.25) is 5.91 Å². The Morgan fingerprint density at radius 2 is 1.67 bits per heavy atom. The lowest BCUT2D eigenvalue weighted by Gasteiger charge is -2.49. The second-order valence-corrected chi connectivity index (χ2v) is 9.23. The van der Waals surface area contributed by atoms with Crippen LogP contribution in [0.3, 0.4) is 0 Å². The predicted molar refractivity (Wildman–Crippen MR) is 118 cm³/mol. The maximum absolute atomic E-state index is 16.8. The van der Waals surface area contributed by atoms with Crippen LogP contribution in [0.4, 0.5) is 13.6 Å². The van der Waals surface area contributed by atoms with E-state index in [0.29, 0.717) is 30.6 Å². The number of aryl methyl sites for hydroxylation is 1. The zero-order chi connectivity index (χ0) is 23.2. The van der Waals surface area contributed by atoms with Crippen LogP contribution in [-0.4, -0.2) is 66.7 Å². The van der Waals surface area contributed by atoms with E-state index in [4.69, 9.17) is 4.74 Å². The zero-order valence-electron chi connectivity index (χ0n) is 18.5. The van der Waals surface area contributed by atoms with Gasteiger partial charge in [0.05, 0.1) is 12.1 Å². The Bertz CT molecular complexity index is 992. The Morgan fingerprint density at radius 1 is 1.03 bits per heavy atom. The molecule has 8 heteroatoms. The van der Waals surface area contributed by atoms with Gasteiger partial charge in [-0.1, -0.05) is 42.0 Å². The summed E-state index contributed by atoms with van der Waals surface area (Å²) >= 11 is 0. The van der Waals surface area contributed by atoms with E-state index < -0.39 is 17.4 Å². The number of alkyl halides is 1. The van der Waals surface area contributed by atoms with Gasteiger partial charge in [0.1, 0.15) is 12.4 Å². The van der Waals surface area contributed by atoms with E-state index in [2.05, 4.69) is 5.32 Å². The van der Waals surface area contributed by atoms with Crippen molar-refractivity contribution >= 4 is 11.9 Å². The van der Waals surface area contributed by atoms with Gasteiger partial charge in [0, 0.05) is 32.1 Å². The molecular formula is C25H27F2N3O3. The summed E-state index contributed by atoms with van der Waals surface area (Å²) in [4.78, 5) is 28.1. The van der Waals surface area contributed by atoms with E-state index in [0.717, 1.165) is 5.56 Å². The SMILES string of the molecule is Cc1ccc(C(F)(c2ccc(F)cc2)C2CN(C(=O)N3CCC4OCC(=O)N[C@@H]4C3)C2)cc1. The highest BCUT2D eigenvalue weighted by atomic mass is 19.1. The number of nitrogens with one attached hydrogen (secondary N) is 1. The lowest BCUT2D eigenvalue weighted by atomic mass is 9.74. The number of carbonyl (C=O) groups excluding carboxylic acids is 2. The molecule has 2 aromatic rings. The number of likely N-dealkylation sites (tertiary alicyclic amines) is 2. The molecule has 1 N–H and O–H groups in total. The zero-order valence-corrected chi connectivity index (χ0v) is 18.5. The Balaban J connectivity index is 1.31. The number of hydrogen-bond acceptors (Lipinski definition) is 3.